The summed E-state index contributed by atoms with van der Waals surface area (Å²) in [6, 6.07) is 0.795. The molecular weight excluding hydrogens is 275 g/mol. The molecule has 0 saturated carbocycles. The molecule has 8 heteroatoms. The maximum atomic E-state index is 12.6. The molecule has 0 aliphatic carbocycles. The van der Waals surface area contributed by atoms with Gasteiger partial charge in [-0.3, -0.25) is 4.79 Å². The SMILES string of the molecule is CC1(C(=O)O)CCCN(c2nccc(C(F)(F)F)n2)C1. The molecule has 0 amide bonds. The number of nitrogens with zero attached hydrogens (tertiary/aromatic N) is 3. The first-order valence-electron chi connectivity index (χ1n) is 6.11. The third kappa shape index (κ3) is 2.83. The molecule has 20 heavy (non-hydrogen) atoms. The highest BCUT2D eigenvalue weighted by Crippen LogP contribution is 2.33. The van der Waals surface area contributed by atoms with E-state index in [1.807, 2.05) is 0 Å². The first kappa shape index (κ1) is 14.5. The second kappa shape index (κ2) is 4.92. The van der Waals surface area contributed by atoms with E-state index in [-0.39, 0.29) is 12.5 Å². The van der Waals surface area contributed by atoms with Crippen LogP contribution in [0.1, 0.15) is 25.5 Å². The number of aliphatic carboxylic acids is 1. The molecule has 1 fully saturated rings. The number of halogens is 3. The van der Waals surface area contributed by atoms with E-state index in [2.05, 4.69) is 9.97 Å². The van der Waals surface area contributed by atoms with E-state index in [4.69, 9.17) is 0 Å². The van der Waals surface area contributed by atoms with Crippen molar-refractivity contribution in [2.24, 2.45) is 5.41 Å². The zero-order valence-electron chi connectivity index (χ0n) is 10.8. The Bertz CT molecular complexity index is 521. The maximum Gasteiger partial charge on any atom is 0.433 e. The number of carbonyl (C=O) groups is 1. The van der Waals surface area contributed by atoms with Crippen molar-refractivity contribution < 1.29 is 23.1 Å². The number of hydrogen-bond acceptors (Lipinski definition) is 4. The van der Waals surface area contributed by atoms with Crippen molar-refractivity contribution in [2.45, 2.75) is 25.9 Å². The zero-order valence-corrected chi connectivity index (χ0v) is 10.8. The van der Waals surface area contributed by atoms with E-state index in [1.165, 1.54) is 4.90 Å². The third-order valence-corrected chi connectivity index (χ3v) is 3.43. The van der Waals surface area contributed by atoms with Gasteiger partial charge in [0.1, 0.15) is 5.69 Å². The Morgan fingerprint density at radius 1 is 1.50 bits per heavy atom. The van der Waals surface area contributed by atoms with Gasteiger partial charge in [-0.1, -0.05) is 0 Å². The minimum Gasteiger partial charge on any atom is -0.481 e. The number of rotatable bonds is 2. The van der Waals surface area contributed by atoms with Gasteiger partial charge in [-0.2, -0.15) is 13.2 Å². The Balaban J connectivity index is 2.26. The van der Waals surface area contributed by atoms with E-state index >= 15 is 0 Å². The van der Waals surface area contributed by atoms with Gasteiger partial charge < -0.3 is 10.0 Å². The summed E-state index contributed by atoms with van der Waals surface area (Å²) in [5.41, 5.74) is -2.01. The number of hydrogen-bond donors (Lipinski definition) is 1. The largest absolute Gasteiger partial charge is 0.481 e. The number of carboxylic acids is 1. The van der Waals surface area contributed by atoms with Gasteiger partial charge in [0, 0.05) is 19.3 Å². The van der Waals surface area contributed by atoms with Crippen molar-refractivity contribution in [3.05, 3.63) is 18.0 Å². The smallest absolute Gasteiger partial charge is 0.433 e. The lowest BCUT2D eigenvalue weighted by molar-refractivity contribution is -0.148. The van der Waals surface area contributed by atoms with Gasteiger partial charge in [-0.05, 0) is 25.8 Å². The van der Waals surface area contributed by atoms with Crippen molar-refractivity contribution in [1.29, 1.82) is 0 Å². The van der Waals surface area contributed by atoms with Crippen molar-refractivity contribution >= 4 is 11.9 Å². The first-order valence-corrected chi connectivity index (χ1v) is 6.11. The minimum absolute atomic E-state index is 0.0769. The second-order valence-electron chi connectivity index (χ2n) is 5.13. The summed E-state index contributed by atoms with van der Waals surface area (Å²) in [6.45, 7) is 2.13. The van der Waals surface area contributed by atoms with Gasteiger partial charge >= 0.3 is 12.1 Å². The molecule has 0 aromatic carbocycles. The van der Waals surface area contributed by atoms with Gasteiger partial charge in [0.25, 0.3) is 0 Å². The molecule has 110 valence electrons. The van der Waals surface area contributed by atoms with Crippen LogP contribution in [0.3, 0.4) is 0 Å². The van der Waals surface area contributed by atoms with Crippen molar-refractivity contribution in [2.75, 3.05) is 18.0 Å². The van der Waals surface area contributed by atoms with Gasteiger partial charge in [-0.15, -0.1) is 0 Å². The van der Waals surface area contributed by atoms with Gasteiger partial charge in [-0.25, -0.2) is 9.97 Å². The molecule has 0 bridgehead atoms. The molecule has 0 spiro atoms. The fraction of sp³-hybridized carbons (Fsp3) is 0.583. The predicted molar refractivity (Wildman–Crippen MR) is 64.2 cm³/mol. The Kier molecular flexibility index (Phi) is 3.58. The average Bonchev–Trinajstić information content (AvgIpc) is 2.38. The maximum absolute atomic E-state index is 12.6. The lowest BCUT2D eigenvalue weighted by atomic mass is 9.82. The Hall–Kier alpha value is -1.86. The zero-order chi connectivity index (χ0) is 15.0. The van der Waals surface area contributed by atoms with Gasteiger partial charge in [0.15, 0.2) is 0 Å². The van der Waals surface area contributed by atoms with Crippen LogP contribution in [0.25, 0.3) is 0 Å². The molecule has 2 heterocycles. The van der Waals surface area contributed by atoms with Crippen LogP contribution in [0.4, 0.5) is 19.1 Å². The molecule has 1 aromatic heterocycles. The molecule has 2 rings (SSSR count). The topological polar surface area (TPSA) is 66.3 Å². The minimum atomic E-state index is -4.54. The number of alkyl halides is 3. The highest BCUT2D eigenvalue weighted by atomic mass is 19.4. The highest BCUT2D eigenvalue weighted by molar-refractivity contribution is 5.75. The number of carboxylic acid groups (broad SMARTS) is 1. The van der Waals surface area contributed by atoms with E-state index in [0.29, 0.717) is 19.4 Å². The summed E-state index contributed by atoms with van der Waals surface area (Å²) < 4.78 is 37.8. The quantitative estimate of drug-likeness (QED) is 0.904. The van der Waals surface area contributed by atoms with Crippen molar-refractivity contribution in [1.82, 2.24) is 9.97 Å². The third-order valence-electron chi connectivity index (χ3n) is 3.43. The Morgan fingerprint density at radius 2 is 2.20 bits per heavy atom. The van der Waals surface area contributed by atoms with Crippen LogP contribution in [0, 0.1) is 5.41 Å². The van der Waals surface area contributed by atoms with E-state index in [9.17, 15) is 23.1 Å². The molecular formula is C12H14F3N3O2. The monoisotopic (exact) mass is 289 g/mol. The fourth-order valence-electron chi connectivity index (χ4n) is 2.24. The summed E-state index contributed by atoms with van der Waals surface area (Å²) in [5.74, 6) is -1.04. The normalized spacial score (nSPS) is 23.7. The average molecular weight is 289 g/mol. The van der Waals surface area contributed by atoms with Crippen LogP contribution >= 0.6 is 0 Å². The van der Waals surface area contributed by atoms with E-state index < -0.39 is 23.3 Å². The molecule has 1 saturated heterocycles. The number of aromatic nitrogens is 2. The lowest BCUT2D eigenvalue weighted by Gasteiger charge is -2.37. The lowest BCUT2D eigenvalue weighted by Crippen LogP contribution is -2.46. The van der Waals surface area contributed by atoms with Gasteiger partial charge in [0.05, 0.1) is 5.41 Å². The van der Waals surface area contributed by atoms with Crippen LogP contribution in [-0.4, -0.2) is 34.1 Å². The predicted octanol–water partition coefficient (Wildman–Crippen LogP) is 2.19. The molecule has 0 radical (unpaired) electrons. The Labute approximate surface area is 113 Å². The van der Waals surface area contributed by atoms with Crippen LogP contribution in [0.15, 0.2) is 12.3 Å². The van der Waals surface area contributed by atoms with Crippen LogP contribution in [-0.2, 0) is 11.0 Å². The van der Waals surface area contributed by atoms with Crippen molar-refractivity contribution in [3.63, 3.8) is 0 Å². The highest BCUT2D eigenvalue weighted by Gasteiger charge is 2.39. The molecule has 1 atom stereocenters. The molecule has 1 aromatic rings. The first-order chi connectivity index (χ1) is 9.22. The fourth-order valence-corrected chi connectivity index (χ4v) is 2.24. The van der Waals surface area contributed by atoms with E-state index in [0.717, 1.165) is 12.3 Å². The molecule has 1 N–H and O–H groups in total. The second-order valence-corrected chi connectivity index (χ2v) is 5.13. The summed E-state index contributed by atoms with van der Waals surface area (Å²) in [6.07, 6.45) is -2.44. The Morgan fingerprint density at radius 3 is 2.80 bits per heavy atom. The molecule has 1 aliphatic heterocycles. The molecule has 1 unspecified atom stereocenters. The molecule has 1 aliphatic rings. The number of anilines is 1. The van der Waals surface area contributed by atoms with Crippen LogP contribution in [0.2, 0.25) is 0 Å². The number of piperidine rings is 1. The standard InChI is InChI=1S/C12H14F3N3O2/c1-11(9(19)20)4-2-6-18(7-11)10-16-5-3-8(17-10)12(13,14)15/h3,5H,2,4,6-7H2,1H3,(H,19,20). The van der Waals surface area contributed by atoms with E-state index in [1.54, 1.807) is 6.92 Å². The van der Waals surface area contributed by atoms with Gasteiger partial charge in [0.2, 0.25) is 5.95 Å². The van der Waals surface area contributed by atoms with Crippen LogP contribution in [0.5, 0.6) is 0 Å². The summed E-state index contributed by atoms with van der Waals surface area (Å²) in [7, 11) is 0. The summed E-state index contributed by atoms with van der Waals surface area (Å²) >= 11 is 0. The van der Waals surface area contributed by atoms with Crippen LogP contribution < -0.4 is 4.90 Å². The van der Waals surface area contributed by atoms with Crippen molar-refractivity contribution in [3.8, 4) is 0 Å². The molecule has 5 nitrogen and oxygen atoms in total. The summed E-state index contributed by atoms with van der Waals surface area (Å²) in [5, 5.41) is 9.20. The summed E-state index contributed by atoms with van der Waals surface area (Å²) in [4.78, 5) is 20.0.